The molecule has 3 heteroatoms. The van der Waals surface area contributed by atoms with Crippen molar-refractivity contribution in [1.82, 2.24) is 0 Å². The molecule has 1 aliphatic heterocycles. The molecule has 0 radical (unpaired) electrons. The maximum absolute atomic E-state index is 10.8. The lowest BCUT2D eigenvalue weighted by Gasteiger charge is -2.21. The molecule has 1 aliphatic rings. The molecule has 0 aromatic rings. The Hall–Kier alpha value is -1.30. The largest absolute Gasteiger partial charge is 0.452 e. The molecular formula is C10H13NO2. The van der Waals surface area contributed by atoms with Crippen molar-refractivity contribution >= 4 is 5.97 Å². The van der Waals surface area contributed by atoms with Gasteiger partial charge in [-0.05, 0) is 32.8 Å². The third-order valence-corrected chi connectivity index (χ3v) is 2.20. The van der Waals surface area contributed by atoms with E-state index in [1.165, 1.54) is 6.08 Å². The summed E-state index contributed by atoms with van der Waals surface area (Å²) in [6, 6.07) is 2.15. The summed E-state index contributed by atoms with van der Waals surface area (Å²) in [6.07, 6.45) is 4.67. The van der Waals surface area contributed by atoms with Gasteiger partial charge < -0.3 is 4.74 Å². The maximum atomic E-state index is 10.8. The first kappa shape index (κ1) is 9.79. The van der Waals surface area contributed by atoms with E-state index in [0.29, 0.717) is 6.42 Å². The number of carbonyl (C=O) groups excluding carboxylic acids is 1. The van der Waals surface area contributed by atoms with Crippen LogP contribution in [0.5, 0.6) is 0 Å². The average Bonchev–Trinajstić information content (AvgIpc) is 2.43. The summed E-state index contributed by atoms with van der Waals surface area (Å²) in [7, 11) is 0. The molecule has 0 saturated carbocycles. The molecule has 13 heavy (non-hydrogen) atoms. The number of rotatable bonds is 3. The highest BCUT2D eigenvalue weighted by atomic mass is 16.6. The summed E-state index contributed by atoms with van der Waals surface area (Å²) in [4.78, 5) is 10.8. The summed E-state index contributed by atoms with van der Waals surface area (Å²) in [5.41, 5.74) is -0.484. The third kappa shape index (κ3) is 2.59. The molecule has 70 valence electrons. The van der Waals surface area contributed by atoms with E-state index in [4.69, 9.17) is 10.00 Å². The molecule has 2 atom stereocenters. The smallest absolute Gasteiger partial charge is 0.331 e. The van der Waals surface area contributed by atoms with Crippen LogP contribution in [0.2, 0.25) is 0 Å². The Morgan fingerprint density at radius 2 is 2.46 bits per heavy atom. The number of hydrogen-bond donors (Lipinski definition) is 0. The van der Waals surface area contributed by atoms with Crippen LogP contribution in [-0.2, 0) is 9.53 Å². The Bertz CT molecular complexity index is 277. The van der Waals surface area contributed by atoms with E-state index in [1.54, 1.807) is 6.08 Å². The second-order valence-corrected chi connectivity index (χ2v) is 3.64. The Morgan fingerprint density at radius 1 is 1.77 bits per heavy atom. The number of hydrogen-bond acceptors (Lipinski definition) is 3. The van der Waals surface area contributed by atoms with Gasteiger partial charge in [0.15, 0.2) is 0 Å². The monoisotopic (exact) mass is 179 g/mol. The van der Waals surface area contributed by atoms with Crippen LogP contribution in [0.3, 0.4) is 0 Å². The zero-order valence-corrected chi connectivity index (χ0v) is 7.91. The molecule has 0 bridgehead atoms. The van der Waals surface area contributed by atoms with E-state index < -0.39 is 5.60 Å². The Kier molecular flexibility index (Phi) is 2.72. The molecule has 0 aliphatic carbocycles. The normalized spacial score (nSPS) is 28.2. The quantitative estimate of drug-likeness (QED) is 0.621. The van der Waals surface area contributed by atoms with Crippen molar-refractivity contribution in [2.45, 2.75) is 32.3 Å². The molecule has 2 unspecified atom stereocenters. The standard InChI is InChI=1S/C10H13NO2/c1-8(7-11)3-5-10(2)6-4-9(12)13-10/h4,6,8H,3,5H2,1-2H3. The fourth-order valence-electron chi connectivity index (χ4n) is 1.24. The van der Waals surface area contributed by atoms with Crippen LogP contribution in [0.1, 0.15) is 26.7 Å². The molecule has 0 fully saturated rings. The first-order chi connectivity index (χ1) is 6.06. The lowest BCUT2D eigenvalue weighted by Crippen LogP contribution is -2.24. The van der Waals surface area contributed by atoms with Crippen LogP contribution < -0.4 is 0 Å². The van der Waals surface area contributed by atoms with Gasteiger partial charge in [0.05, 0.1) is 6.07 Å². The van der Waals surface area contributed by atoms with E-state index in [9.17, 15) is 4.79 Å². The zero-order valence-electron chi connectivity index (χ0n) is 7.91. The third-order valence-electron chi connectivity index (χ3n) is 2.20. The van der Waals surface area contributed by atoms with Gasteiger partial charge in [-0.15, -0.1) is 0 Å². The summed E-state index contributed by atoms with van der Waals surface area (Å²) >= 11 is 0. The number of carbonyl (C=O) groups is 1. The van der Waals surface area contributed by atoms with Crippen molar-refractivity contribution < 1.29 is 9.53 Å². The van der Waals surface area contributed by atoms with E-state index in [1.807, 2.05) is 13.8 Å². The van der Waals surface area contributed by atoms with Gasteiger partial charge in [-0.1, -0.05) is 0 Å². The van der Waals surface area contributed by atoms with Gasteiger partial charge >= 0.3 is 5.97 Å². The minimum absolute atomic E-state index is 0.0181. The first-order valence-corrected chi connectivity index (χ1v) is 4.37. The molecule has 3 nitrogen and oxygen atoms in total. The Morgan fingerprint density at radius 3 is 2.92 bits per heavy atom. The predicted molar refractivity (Wildman–Crippen MR) is 47.6 cm³/mol. The Balaban J connectivity index is 2.42. The number of esters is 1. The summed E-state index contributed by atoms with van der Waals surface area (Å²) < 4.78 is 5.08. The van der Waals surface area contributed by atoms with Crippen molar-refractivity contribution in [3.05, 3.63) is 12.2 Å². The molecule has 1 heterocycles. The van der Waals surface area contributed by atoms with Gasteiger partial charge in [-0.25, -0.2) is 4.79 Å². The van der Waals surface area contributed by atoms with E-state index in [-0.39, 0.29) is 11.9 Å². The van der Waals surface area contributed by atoms with Gasteiger partial charge in [-0.3, -0.25) is 0 Å². The van der Waals surface area contributed by atoms with Crippen LogP contribution in [0.15, 0.2) is 12.2 Å². The van der Waals surface area contributed by atoms with Crippen LogP contribution in [0.4, 0.5) is 0 Å². The molecule has 1 rings (SSSR count). The van der Waals surface area contributed by atoms with Crippen molar-refractivity contribution in [2.75, 3.05) is 0 Å². The second kappa shape index (κ2) is 3.61. The number of ether oxygens (including phenoxy) is 1. The van der Waals surface area contributed by atoms with Gasteiger partial charge in [0.25, 0.3) is 0 Å². The summed E-state index contributed by atoms with van der Waals surface area (Å²) in [5, 5.41) is 8.57. The minimum Gasteiger partial charge on any atom is -0.452 e. The summed E-state index contributed by atoms with van der Waals surface area (Å²) in [6.45, 7) is 3.72. The van der Waals surface area contributed by atoms with Gasteiger partial charge in [-0.2, -0.15) is 5.26 Å². The Labute approximate surface area is 78.0 Å². The zero-order chi connectivity index (χ0) is 9.90. The molecule has 0 amide bonds. The predicted octanol–water partition coefficient (Wildman–Crippen LogP) is 1.80. The fraction of sp³-hybridized carbons (Fsp3) is 0.600. The van der Waals surface area contributed by atoms with E-state index in [2.05, 4.69) is 6.07 Å². The molecule has 0 saturated heterocycles. The lowest BCUT2D eigenvalue weighted by atomic mass is 9.95. The van der Waals surface area contributed by atoms with Crippen LogP contribution in [0.25, 0.3) is 0 Å². The maximum Gasteiger partial charge on any atom is 0.331 e. The second-order valence-electron chi connectivity index (χ2n) is 3.64. The van der Waals surface area contributed by atoms with E-state index >= 15 is 0 Å². The van der Waals surface area contributed by atoms with Crippen molar-refractivity contribution in [1.29, 1.82) is 5.26 Å². The van der Waals surface area contributed by atoms with Crippen LogP contribution in [-0.4, -0.2) is 11.6 Å². The molecular weight excluding hydrogens is 166 g/mol. The number of nitriles is 1. The van der Waals surface area contributed by atoms with Crippen molar-refractivity contribution in [3.63, 3.8) is 0 Å². The molecule has 0 aromatic heterocycles. The molecule has 0 spiro atoms. The van der Waals surface area contributed by atoms with Gasteiger partial charge in [0.1, 0.15) is 5.60 Å². The van der Waals surface area contributed by atoms with Crippen molar-refractivity contribution in [3.8, 4) is 6.07 Å². The summed E-state index contributed by atoms with van der Waals surface area (Å²) in [5.74, 6) is -0.267. The number of nitrogens with zero attached hydrogens (tertiary/aromatic N) is 1. The highest BCUT2D eigenvalue weighted by Crippen LogP contribution is 2.26. The average molecular weight is 179 g/mol. The van der Waals surface area contributed by atoms with Gasteiger partial charge in [0, 0.05) is 12.0 Å². The highest BCUT2D eigenvalue weighted by molar-refractivity contribution is 5.85. The van der Waals surface area contributed by atoms with Crippen LogP contribution in [0, 0.1) is 17.2 Å². The first-order valence-electron chi connectivity index (χ1n) is 4.37. The fourth-order valence-corrected chi connectivity index (χ4v) is 1.24. The van der Waals surface area contributed by atoms with Crippen molar-refractivity contribution in [2.24, 2.45) is 5.92 Å². The van der Waals surface area contributed by atoms with E-state index in [0.717, 1.165) is 6.42 Å². The SMILES string of the molecule is CC(C#N)CCC1(C)C=CC(=O)O1. The van der Waals surface area contributed by atoms with Crippen LogP contribution >= 0.6 is 0 Å². The highest BCUT2D eigenvalue weighted by Gasteiger charge is 2.30. The minimum atomic E-state index is -0.484. The number of cyclic esters (lactones) is 1. The molecule has 0 aromatic carbocycles. The van der Waals surface area contributed by atoms with Gasteiger partial charge in [0.2, 0.25) is 0 Å². The topological polar surface area (TPSA) is 50.1 Å². The lowest BCUT2D eigenvalue weighted by molar-refractivity contribution is -0.144. The molecule has 0 N–H and O–H groups in total.